The van der Waals surface area contributed by atoms with Crippen LogP contribution in [-0.4, -0.2) is 15.0 Å². The van der Waals surface area contributed by atoms with Crippen molar-refractivity contribution in [2.24, 2.45) is 5.92 Å². The molecular formula is C13H19ClN2O2S. The highest BCUT2D eigenvalue weighted by molar-refractivity contribution is 7.89. The third-order valence-corrected chi connectivity index (χ3v) is 5.28. The summed E-state index contributed by atoms with van der Waals surface area (Å²) < 4.78 is 27.0. The quantitative estimate of drug-likeness (QED) is 0.840. The predicted octanol–water partition coefficient (Wildman–Crippen LogP) is 2.78. The van der Waals surface area contributed by atoms with Gasteiger partial charge in [-0.3, -0.25) is 0 Å². The van der Waals surface area contributed by atoms with Gasteiger partial charge in [0, 0.05) is 11.6 Å². The molecule has 0 amide bonds. The SMILES string of the molecule is Nc1cc(Cl)ccc1S(=O)(=O)NCC1CCCCC1. The second-order valence-corrected chi connectivity index (χ2v) is 7.21. The van der Waals surface area contributed by atoms with Crippen LogP contribution in [0.25, 0.3) is 0 Å². The Kier molecular flexibility index (Phi) is 4.71. The van der Waals surface area contributed by atoms with Crippen LogP contribution in [0.1, 0.15) is 32.1 Å². The Morgan fingerprint density at radius 2 is 1.95 bits per heavy atom. The van der Waals surface area contributed by atoms with Crippen LogP contribution in [0.15, 0.2) is 23.1 Å². The van der Waals surface area contributed by atoms with Crippen LogP contribution in [0.5, 0.6) is 0 Å². The number of hydrogen-bond acceptors (Lipinski definition) is 3. The molecular weight excluding hydrogens is 284 g/mol. The molecule has 3 N–H and O–H groups in total. The molecule has 0 bridgehead atoms. The molecule has 0 radical (unpaired) electrons. The minimum absolute atomic E-state index is 0.104. The van der Waals surface area contributed by atoms with Crippen molar-refractivity contribution < 1.29 is 8.42 Å². The van der Waals surface area contributed by atoms with E-state index in [1.807, 2.05) is 0 Å². The molecule has 1 aliphatic carbocycles. The Bertz CT molecular complexity index is 540. The van der Waals surface area contributed by atoms with Gasteiger partial charge in [0.25, 0.3) is 0 Å². The number of nitrogens with two attached hydrogens (primary N) is 1. The van der Waals surface area contributed by atoms with E-state index in [1.54, 1.807) is 0 Å². The van der Waals surface area contributed by atoms with E-state index in [4.69, 9.17) is 17.3 Å². The molecule has 0 aromatic heterocycles. The van der Waals surface area contributed by atoms with Gasteiger partial charge in [-0.15, -0.1) is 0 Å². The lowest BCUT2D eigenvalue weighted by atomic mass is 9.90. The first-order valence-electron chi connectivity index (χ1n) is 6.54. The van der Waals surface area contributed by atoms with E-state index >= 15 is 0 Å². The van der Waals surface area contributed by atoms with E-state index < -0.39 is 10.0 Å². The van der Waals surface area contributed by atoms with E-state index in [0.717, 1.165) is 12.8 Å². The number of nitrogen functional groups attached to an aromatic ring is 1. The molecule has 0 saturated heterocycles. The second-order valence-electron chi connectivity index (χ2n) is 5.04. The van der Waals surface area contributed by atoms with Crippen molar-refractivity contribution in [3.8, 4) is 0 Å². The summed E-state index contributed by atoms with van der Waals surface area (Å²) in [5, 5.41) is 0.434. The van der Waals surface area contributed by atoms with Gasteiger partial charge in [-0.2, -0.15) is 0 Å². The van der Waals surface area contributed by atoms with Crippen LogP contribution in [0.2, 0.25) is 5.02 Å². The van der Waals surface area contributed by atoms with Gasteiger partial charge < -0.3 is 5.73 Å². The topological polar surface area (TPSA) is 72.2 Å². The van der Waals surface area contributed by atoms with Gasteiger partial charge in [-0.05, 0) is 37.0 Å². The molecule has 6 heteroatoms. The molecule has 1 saturated carbocycles. The van der Waals surface area contributed by atoms with Crippen molar-refractivity contribution in [2.45, 2.75) is 37.0 Å². The molecule has 1 aromatic rings. The maximum absolute atomic E-state index is 12.2. The summed E-state index contributed by atoms with van der Waals surface area (Å²) in [6.07, 6.45) is 5.83. The Labute approximate surface area is 119 Å². The average molecular weight is 303 g/mol. The summed E-state index contributed by atoms with van der Waals surface area (Å²) in [5.41, 5.74) is 5.90. The Hall–Kier alpha value is -0.780. The lowest BCUT2D eigenvalue weighted by molar-refractivity contribution is 0.357. The molecule has 0 spiro atoms. The molecule has 1 fully saturated rings. The first-order chi connectivity index (χ1) is 8.99. The number of halogens is 1. The molecule has 19 heavy (non-hydrogen) atoms. The molecule has 1 aromatic carbocycles. The average Bonchev–Trinajstić information content (AvgIpc) is 2.37. The molecule has 106 valence electrons. The van der Waals surface area contributed by atoms with Gasteiger partial charge >= 0.3 is 0 Å². The Morgan fingerprint density at radius 3 is 2.58 bits per heavy atom. The van der Waals surface area contributed by atoms with E-state index in [9.17, 15) is 8.42 Å². The van der Waals surface area contributed by atoms with Crippen molar-refractivity contribution in [1.82, 2.24) is 4.72 Å². The summed E-state index contributed by atoms with van der Waals surface area (Å²) in [6, 6.07) is 4.44. The number of sulfonamides is 1. The summed E-state index contributed by atoms with van der Waals surface area (Å²) >= 11 is 5.77. The zero-order chi connectivity index (χ0) is 13.9. The molecule has 0 atom stereocenters. The largest absolute Gasteiger partial charge is 0.398 e. The van der Waals surface area contributed by atoms with Gasteiger partial charge in [0.05, 0.1) is 5.69 Å². The third kappa shape index (κ3) is 3.84. The summed E-state index contributed by atoms with van der Waals surface area (Å²) in [5.74, 6) is 0.442. The fourth-order valence-electron chi connectivity index (χ4n) is 2.46. The summed E-state index contributed by atoms with van der Waals surface area (Å²) in [4.78, 5) is 0.104. The van der Waals surface area contributed by atoms with Gasteiger partial charge in [-0.25, -0.2) is 13.1 Å². The first kappa shape index (κ1) is 14.6. The molecule has 0 unspecified atom stereocenters. The minimum atomic E-state index is -3.54. The maximum atomic E-state index is 12.2. The third-order valence-electron chi connectivity index (χ3n) is 3.55. The molecule has 0 aliphatic heterocycles. The Balaban J connectivity index is 2.05. The monoisotopic (exact) mass is 302 g/mol. The van der Waals surface area contributed by atoms with Gasteiger partial charge in [0.1, 0.15) is 4.90 Å². The van der Waals surface area contributed by atoms with Crippen LogP contribution in [-0.2, 0) is 10.0 Å². The molecule has 1 aliphatic rings. The molecule has 4 nitrogen and oxygen atoms in total. The zero-order valence-corrected chi connectivity index (χ0v) is 12.3. The zero-order valence-electron chi connectivity index (χ0n) is 10.7. The highest BCUT2D eigenvalue weighted by atomic mass is 35.5. The van der Waals surface area contributed by atoms with Crippen molar-refractivity contribution in [2.75, 3.05) is 12.3 Å². The maximum Gasteiger partial charge on any atom is 0.242 e. The number of anilines is 1. The van der Waals surface area contributed by atoms with E-state index in [-0.39, 0.29) is 10.6 Å². The minimum Gasteiger partial charge on any atom is -0.398 e. The number of rotatable bonds is 4. The lowest BCUT2D eigenvalue weighted by Crippen LogP contribution is -2.30. The number of benzene rings is 1. The molecule has 0 heterocycles. The fourth-order valence-corrected chi connectivity index (χ4v) is 3.87. The lowest BCUT2D eigenvalue weighted by Gasteiger charge is -2.21. The normalized spacial score (nSPS) is 17.5. The number of nitrogens with one attached hydrogen (secondary N) is 1. The summed E-state index contributed by atoms with van der Waals surface area (Å²) in [6.45, 7) is 0.490. The van der Waals surface area contributed by atoms with Gasteiger partial charge in [0.15, 0.2) is 0 Å². The van der Waals surface area contributed by atoms with E-state index in [1.165, 1.54) is 37.5 Å². The van der Waals surface area contributed by atoms with Crippen LogP contribution < -0.4 is 10.5 Å². The van der Waals surface area contributed by atoms with Crippen molar-refractivity contribution in [3.63, 3.8) is 0 Å². The van der Waals surface area contributed by atoms with Crippen LogP contribution in [0.4, 0.5) is 5.69 Å². The van der Waals surface area contributed by atoms with Crippen molar-refractivity contribution in [3.05, 3.63) is 23.2 Å². The van der Waals surface area contributed by atoms with Crippen molar-refractivity contribution >= 4 is 27.3 Å². The van der Waals surface area contributed by atoms with Crippen LogP contribution in [0.3, 0.4) is 0 Å². The highest BCUT2D eigenvalue weighted by Crippen LogP contribution is 2.25. The van der Waals surface area contributed by atoms with E-state index in [2.05, 4.69) is 4.72 Å². The Morgan fingerprint density at radius 1 is 1.26 bits per heavy atom. The smallest absolute Gasteiger partial charge is 0.242 e. The highest BCUT2D eigenvalue weighted by Gasteiger charge is 2.20. The first-order valence-corrected chi connectivity index (χ1v) is 8.40. The van der Waals surface area contributed by atoms with Gasteiger partial charge in [0.2, 0.25) is 10.0 Å². The van der Waals surface area contributed by atoms with Crippen LogP contribution in [0, 0.1) is 5.92 Å². The number of hydrogen-bond donors (Lipinski definition) is 2. The predicted molar refractivity (Wildman–Crippen MR) is 77.6 cm³/mol. The van der Waals surface area contributed by atoms with Crippen molar-refractivity contribution in [1.29, 1.82) is 0 Å². The standard InChI is InChI=1S/C13H19ClN2O2S/c14-11-6-7-13(12(15)8-11)19(17,18)16-9-10-4-2-1-3-5-10/h6-8,10,16H,1-5,9,15H2. The molecule has 2 rings (SSSR count). The summed E-state index contributed by atoms with van der Waals surface area (Å²) in [7, 11) is -3.54. The second kappa shape index (κ2) is 6.11. The van der Waals surface area contributed by atoms with Gasteiger partial charge in [-0.1, -0.05) is 30.9 Å². The van der Waals surface area contributed by atoms with Crippen LogP contribution >= 0.6 is 11.6 Å². The fraction of sp³-hybridized carbons (Fsp3) is 0.538. The van der Waals surface area contributed by atoms with E-state index in [0.29, 0.717) is 17.5 Å².